The van der Waals surface area contributed by atoms with Gasteiger partial charge in [-0.15, -0.1) is 0 Å². The van der Waals surface area contributed by atoms with Crippen molar-refractivity contribution < 1.29 is 14.3 Å². The van der Waals surface area contributed by atoms with Gasteiger partial charge < -0.3 is 14.8 Å². The van der Waals surface area contributed by atoms with Crippen LogP contribution in [0.4, 0.5) is 5.69 Å². The minimum absolute atomic E-state index is 0.0380. The Hall–Kier alpha value is -2.97. The van der Waals surface area contributed by atoms with E-state index in [4.69, 9.17) is 21.1 Å². The molecule has 0 aliphatic rings. The van der Waals surface area contributed by atoms with Gasteiger partial charge in [0.1, 0.15) is 11.6 Å². The van der Waals surface area contributed by atoms with Crippen molar-refractivity contribution in [3.8, 4) is 17.6 Å². The number of anilines is 1. The van der Waals surface area contributed by atoms with Crippen LogP contribution >= 0.6 is 11.6 Å². The number of carbonyl (C=O) groups is 1. The molecule has 0 saturated carbocycles. The average molecular weight is 413 g/mol. The van der Waals surface area contributed by atoms with Crippen molar-refractivity contribution in [1.82, 2.24) is 0 Å². The van der Waals surface area contributed by atoms with E-state index in [0.29, 0.717) is 41.0 Å². The van der Waals surface area contributed by atoms with Crippen LogP contribution in [-0.2, 0) is 4.79 Å². The van der Waals surface area contributed by atoms with Gasteiger partial charge in [0.25, 0.3) is 5.91 Å². The van der Waals surface area contributed by atoms with E-state index in [9.17, 15) is 10.1 Å². The monoisotopic (exact) mass is 412 g/mol. The Morgan fingerprint density at radius 3 is 2.55 bits per heavy atom. The molecule has 0 aliphatic carbocycles. The molecule has 0 heterocycles. The predicted octanol–water partition coefficient (Wildman–Crippen LogP) is 5.69. The van der Waals surface area contributed by atoms with E-state index in [0.717, 1.165) is 17.5 Å². The molecule has 152 valence electrons. The summed E-state index contributed by atoms with van der Waals surface area (Å²) in [5, 5.41) is 12.6. The quantitative estimate of drug-likeness (QED) is 0.446. The number of hydrogen-bond donors (Lipinski definition) is 1. The van der Waals surface area contributed by atoms with Crippen LogP contribution in [0.2, 0.25) is 5.02 Å². The van der Waals surface area contributed by atoms with E-state index >= 15 is 0 Å². The van der Waals surface area contributed by atoms with Gasteiger partial charge in [-0.05, 0) is 74.2 Å². The zero-order valence-corrected chi connectivity index (χ0v) is 17.9. The van der Waals surface area contributed by atoms with E-state index in [1.807, 2.05) is 45.9 Å². The highest BCUT2D eigenvalue weighted by molar-refractivity contribution is 6.32. The first-order valence-electron chi connectivity index (χ1n) is 9.49. The summed E-state index contributed by atoms with van der Waals surface area (Å²) in [5.41, 5.74) is 3.36. The van der Waals surface area contributed by atoms with Crippen molar-refractivity contribution in [2.24, 2.45) is 0 Å². The van der Waals surface area contributed by atoms with E-state index < -0.39 is 5.91 Å². The highest BCUT2D eigenvalue weighted by Gasteiger charge is 2.15. The summed E-state index contributed by atoms with van der Waals surface area (Å²) in [4.78, 5) is 12.6. The lowest BCUT2D eigenvalue weighted by atomic mass is 10.1. The number of rotatable bonds is 8. The van der Waals surface area contributed by atoms with E-state index in [1.54, 1.807) is 18.2 Å². The number of benzene rings is 2. The molecular formula is C23H25ClN2O3. The predicted molar refractivity (Wildman–Crippen MR) is 117 cm³/mol. The summed E-state index contributed by atoms with van der Waals surface area (Å²) in [5.74, 6) is 0.452. The SMILES string of the molecule is CCCOc1c(Cl)cc(/C=C(\C#N)C(=O)Nc2ccc(C)c(C)c2)cc1OCC. The molecule has 6 heteroatoms. The maximum absolute atomic E-state index is 12.6. The largest absolute Gasteiger partial charge is 0.490 e. The lowest BCUT2D eigenvalue weighted by Crippen LogP contribution is -2.13. The number of nitrogens with zero attached hydrogens (tertiary/aromatic N) is 1. The van der Waals surface area contributed by atoms with Gasteiger partial charge in [-0.2, -0.15) is 5.26 Å². The number of nitrogens with one attached hydrogen (secondary N) is 1. The van der Waals surface area contributed by atoms with Gasteiger partial charge in [-0.1, -0.05) is 24.6 Å². The molecule has 0 spiro atoms. The minimum Gasteiger partial charge on any atom is -0.490 e. The lowest BCUT2D eigenvalue weighted by Gasteiger charge is -2.14. The first kappa shape index (κ1) is 22.3. The Morgan fingerprint density at radius 1 is 1.17 bits per heavy atom. The summed E-state index contributed by atoms with van der Waals surface area (Å²) in [7, 11) is 0. The van der Waals surface area contributed by atoms with E-state index in [-0.39, 0.29) is 5.57 Å². The number of nitriles is 1. The molecule has 0 aromatic heterocycles. The molecule has 0 atom stereocenters. The second kappa shape index (κ2) is 10.5. The van der Waals surface area contributed by atoms with Gasteiger partial charge in [-0.25, -0.2) is 0 Å². The zero-order valence-electron chi connectivity index (χ0n) is 17.1. The smallest absolute Gasteiger partial charge is 0.266 e. The van der Waals surface area contributed by atoms with Crippen molar-refractivity contribution in [2.45, 2.75) is 34.1 Å². The van der Waals surface area contributed by atoms with Crippen LogP contribution in [-0.4, -0.2) is 19.1 Å². The lowest BCUT2D eigenvalue weighted by molar-refractivity contribution is -0.112. The van der Waals surface area contributed by atoms with E-state index in [2.05, 4.69) is 5.32 Å². The first-order chi connectivity index (χ1) is 13.9. The fourth-order valence-electron chi connectivity index (χ4n) is 2.61. The van der Waals surface area contributed by atoms with Crippen molar-refractivity contribution in [2.75, 3.05) is 18.5 Å². The van der Waals surface area contributed by atoms with Crippen LogP contribution < -0.4 is 14.8 Å². The van der Waals surface area contributed by atoms with Crippen molar-refractivity contribution in [3.05, 3.63) is 57.6 Å². The Bertz CT molecular complexity index is 961. The highest BCUT2D eigenvalue weighted by atomic mass is 35.5. The van der Waals surface area contributed by atoms with Crippen LogP contribution in [0.5, 0.6) is 11.5 Å². The Labute approximate surface area is 176 Å². The molecule has 0 aliphatic heterocycles. The number of ether oxygens (including phenoxy) is 2. The molecule has 29 heavy (non-hydrogen) atoms. The first-order valence-corrected chi connectivity index (χ1v) is 9.86. The maximum atomic E-state index is 12.6. The summed E-state index contributed by atoms with van der Waals surface area (Å²) in [6, 6.07) is 10.9. The fraction of sp³-hybridized carbons (Fsp3) is 0.304. The normalized spacial score (nSPS) is 11.0. The molecule has 0 saturated heterocycles. The number of aryl methyl sites for hydroxylation is 2. The second-order valence-corrected chi connectivity index (χ2v) is 6.94. The summed E-state index contributed by atoms with van der Waals surface area (Å²) in [6.45, 7) is 8.76. The second-order valence-electron chi connectivity index (χ2n) is 6.53. The Balaban J connectivity index is 2.32. The van der Waals surface area contributed by atoms with Gasteiger partial charge in [-0.3, -0.25) is 4.79 Å². The maximum Gasteiger partial charge on any atom is 0.266 e. The summed E-state index contributed by atoms with van der Waals surface area (Å²) >= 11 is 6.36. The summed E-state index contributed by atoms with van der Waals surface area (Å²) in [6.07, 6.45) is 2.31. The molecule has 2 aromatic rings. The van der Waals surface area contributed by atoms with Gasteiger partial charge in [0.15, 0.2) is 11.5 Å². The third-order valence-corrected chi connectivity index (χ3v) is 4.50. The molecule has 0 bridgehead atoms. The third-order valence-electron chi connectivity index (χ3n) is 4.22. The standard InChI is InChI=1S/C23H25ClN2O3/c1-5-9-29-22-20(24)12-17(13-21(22)28-6-2)11-18(14-25)23(27)26-19-8-7-15(3)16(4)10-19/h7-8,10-13H,5-6,9H2,1-4H3,(H,26,27)/b18-11+. The molecule has 2 aromatic carbocycles. The third kappa shape index (κ3) is 6.00. The fourth-order valence-corrected chi connectivity index (χ4v) is 2.88. The number of halogens is 1. The van der Waals surface area contributed by atoms with Crippen molar-refractivity contribution >= 4 is 29.3 Å². The van der Waals surface area contributed by atoms with Crippen LogP contribution in [0, 0.1) is 25.2 Å². The molecule has 5 nitrogen and oxygen atoms in total. The van der Waals surface area contributed by atoms with Gasteiger partial charge >= 0.3 is 0 Å². The molecule has 0 fully saturated rings. The molecular weight excluding hydrogens is 388 g/mol. The molecule has 2 rings (SSSR count). The molecule has 0 unspecified atom stereocenters. The van der Waals surface area contributed by atoms with Crippen molar-refractivity contribution in [3.63, 3.8) is 0 Å². The van der Waals surface area contributed by atoms with Gasteiger partial charge in [0.05, 0.1) is 18.2 Å². The Kier molecular flexibility index (Phi) is 8.11. The van der Waals surface area contributed by atoms with Crippen molar-refractivity contribution in [1.29, 1.82) is 5.26 Å². The van der Waals surface area contributed by atoms with Gasteiger partial charge in [0, 0.05) is 5.69 Å². The number of hydrogen-bond acceptors (Lipinski definition) is 4. The van der Waals surface area contributed by atoms with E-state index in [1.165, 1.54) is 6.08 Å². The number of carbonyl (C=O) groups excluding carboxylic acids is 1. The molecule has 1 amide bonds. The summed E-state index contributed by atoms with van der Waals surface area (Å²) < 4.78 is 11.3. The minimum atomic E-state index is -0.490. The van der Waals surface area contributed by atoms with Crippen LogP contribution in [0.15, 0.2) is 35.9 Å². The molecule has 1 N–H and O–H groups in total. The van der Waals surface area contributed by atoms with Crippen LogP contribution in [0.1, 0.15) is 37.0 Å². The number of amides is 1. The highest BCUT2D eigenvalue weighted by Crippen LogP contribution is 2.37. The van der Waals surface area contributed by atoms with Crippen LogP contribution in [0.25, 0.3) is 6.08 Å². The van der Waals surface area contributed by atoms with Gasteiger partial charge in [0.2, 0.25) is 0 Å². The van der Waals surface area contributed by atoms with Crippen LogP contribution in [0.3, 0.4) is 0 Å². The molecule has 0 radical (unpaired) electrons. The topological polar surface area (TPSA) is 71.3 Å². The Morgan fingerprint density at radius 2 is 1.93 bits per heavy atom. The average Bonchev–Trinajstić information content (AvgIpc) is 2.68. The zero-order chi connectivity index (χ0) is 21.4.